The van der Waals surface area contributed by atoms with E-state index in [-0.39, 0.29) is 6.67 Å². The fraction of sp³-hybridized carbons (Fsp3) is 0.375. The van der Waals surface area contributed by atoms with E-state index in [2.05, 4.69) is 11.9 Å². The number of carboxylic acids is 2. The smallest absolute Gasteiger partial charge is 0.317 e. The van der Waals surface area contributed by atoms with Crippen molar-refractivity contribution in [3.8, 4) is 0 Å². The lowest BCUT2D eigenvalue weighted by Gasteiger charge is -2.17. The first-order valence-electron chi connectivity index (χ1n) is 4.02. The van der Waals surface area contributed by atoms with Gasteiger partial charge in [0.15, 0.2) is 0 Å². The molecule has 84 valence electrons. The van der Waals surface area contributed by atoms with Crippen LogP contribution in [-0.4, -0.2) is 52.7 Å². The van der Waals surface area contributed by atoms with Crippen molar-refractivity contribution >= 4 is 17.8 Å². The largest absolute Gasteiger partial charge is 0.480 e. The number of carbonyl (C=O) groups excluding carboxylic acids is 1. The van der Waals surface area contributed by atoms with Crippen LogP contribution in [0.5, 0.6) is 0 Å². The second-order valence-corrected chi connectivity index (χ2v) is 2.68. The maximum Gasteiger partial charge on any atom is 0.317 e. The first-order valence-corrected chi connectivity index (χ1v) is 4.02. The van der Waals surface area contributed by atoms with Crippen molar-refractivity contribution < 1.29 is 24.6 Å². The van der Waals surface area contributed by atoms with Gasteiger partial charge in [0, 0.05) is 0 Å². The van der Waals surface area contributed by atoms with Crippen LogP contribution in [0.1, 0.15) is 0 Å². The van der Waals surface area contributed by atoms with Gasteiger partial charge in [-0.2, -0.15) is 0 Å². The van der Waals surface area contributed by atoms with Crippen LogP contribution in [0.4, 0.5) is 0 Å². The first-order chi connectivity index (χ1) is 6.95. The van der Waals surface area contributed by atoms with Crippen molar-refractivity contribution in [3.05, 3.63) is 12.7 Å². The Morgan fingerprint density at radius 3 is 2.00 bits per heavy atom. The van der Waals surface area contributed by atoms with Crippen LogP contribution in [0.2, 0.25) is 0 Å². The van der Waals surface area contributed by atoms with Crippen molar-refractivity contribution in [1.29, 1.82) is 0 Å². The third kappa shape index (κ3) is 7.20. The maximum atomic E-state index is 10.7. The fourth-order valence-electron chi connectivity index (χ4n) is 0.812. The molecule has 0 aromatic rings. The Hall–Kier alpha value is -1.89. The lowest BCUT2D eigenvalue weighted by Crippen LogP contribution is -2.42. The van der Waals surface area contributed by atoms with Crippen molar-refractivity contribution in [2.24, 2.45) is 0 Å². The summed E-state index contributed by atoms with van der Waals surface area (Å²) >= 11 is 0. The maximum absolute atomic E-state index is 10.7. The summed E-state index contributed by atoms with van der Waals surface area (Å²) in [6, 6.07) is 0. The van der Waals surface area contributed by atoms with E-state index in [0.29, 0.717) is 0 Å². The number of nitrogens with zero attached hydrogens (tertiary/aromatic N) is 1. The van der Waals surface area contributed by atoms with Gasteiger partial charge in [0.1, 0.15) is 0 Å². The SMILES string of the molecule is C=CC(=O)NCN(CC(=O)O)CC(=O)O. The molecule has 0 unspecified atom stereocenters. The van der Waals surface area contributed by atoms with Crippen LogP contribution in [0.15, 0.2) is 12.7 Å². The van der Waals surface area contributed by atoms with Crippen LogP contribution in [0, 0.1) is 0 Å². The molecular weight excluding hydrogens is 204 g/mol. The van der Waals surface area contributed by atoms with Gasteiger partial charge in [0.25, 0.3) is 0 Å². The fourth-order valence-corrected chi connectivity index (χ4v) is 0.812. The number of rotatable bonds is 7. The third-order valence-corrected chi connectivity index (χ3v) is 1.38. The summed E-state index contributed by atoms with van der Waals surface area (Å²) < 4.78 is 0. The molecule has 0 aliphatic carbocycles. The minimum absolute atomic E-state index is 0.149. The molecule has 0 fully saturated rings. The molecule has 0 aliphatic heterocycles. The zero-order chi connectivity index (χ0) is 11.8. The summed E-state index contributed by atoms with van der Waals surface area (Å²) in [5.41, 5.74) is 0. The van der Waals surface area contributed by atoms with E-state index in [1.54, 1.807) is 0 Å². The molecule has 3 N–H and O–H groups in total. The highest BCUT2D eigenvalue weighted by Crippen LogP contribution is 1.86. The lowest BCUT2D eigenvalue weighted by molar-refractivity contribution is -0.142. The molecule has 0 rings (SSSR count). The van der Waals surface area contributed by atoms with E-state index in [1.807, 2.05) is 0 Å². The summed E-state index contributed by atoms with van der Waals surface area (Å²) in [5, 5.41) is 19.2. The van der Waals surface area contributed by atoms with Crippen LogP contribution < -0.4 is 5.32 Å². The number of carboxylic acid groups (broad SMARTS) is 2. The number of carbonyl (C=O) groups is 3. The van der Waals surface area contributed by atoms with Gasteiger partial charge in [-0.25, -0.2) is 0 Å². The molecule has 0 saturated heterocycles. The summed E-state index contributed by atoms with van der Waals surface area (Å²) in [7, 11) is 0. The van der Waals surface area contributed by atoms with Crippen molar-refractivity contribution in [3.63, 3.8) is 0 Å². The Morgan fingerprint density at radius 2 is 1.67 bits per heavy atom. The Labute approximate surface area is 86.0 Å². The summed E-state index contributed by atoms with van der Waals surface area (Å²) in [6.07, 6.45) is 1.01. The van der Waals surface area contributed by atoms with Crippen molar-refractivity contribution in [2.45, 2.75) is 0 Å². The normalized spacial score (nSPS) is 9.67. The molecule has 15 heavy (non-hydrogen) atoms. The van der Waals surface area contributed by atoms with Crippen molar-refractivity contribution in [1.82, 2.24) is 10.2 Å². The van der Waals surface area contributed by atoms with Gasteiger partial charge in [-0.05, 0) is 6.08 Å². The zero-order valence-electron chi connectivity index (χ0n) is 7.97. The molecule has 7 heteroatoms. The van der Waals surface area contributed by atoms with E-state index < -0.39 is 30.9 Å². The standard InChI is InChI=1S/C8H12N2O5/c1-2-6(11)9-5-10(3-7(12)13)4-8(14)15/h2H,1,3-5H2,(H,9,11)(H,12,13)(H,14,15). The highest BCUT2D eigenvalue weighted by molar-refractivity contribution is 5.86. The third-order valence-electron chi connectivity index (χ3n) is 1.38. The van der Waals surface area contributed by atoms with Gasteiger partial charge in [0.05, 0.1) is 19.8 Å². The molecule has 1 amide bonds. The number of nitrogens with one attached hydrogen (secondary N) is 1. The molecule has 0 saturated carbocycles. The highest BCUT2D eigenvalue weighted by Gasteiger charge is 2.13. The second kappa shape index (κ2) is 6.55. The summed E-state index contributed by atoms with van der Waals surface area (Å²) in [5.74, 6) is -2.82. The highest BCUT2D eigenvalue weighted by atomic mass is 16.4. The first kappa shape index (κ1) is 13.1. The molecule has 0 atom stereocenters. The lowest BCUT2D eigenvalue weighted by atomic mass is 10.5. The predicted molar refractivity (Wildman–Crippen MR) is 50.1 cm³/mol. The van der Waals surface area contributed by atoms with Crippen LogP contribution in [-0.2, 0) is 14.4 Å². The average Bonchev–Trinajstić information content (AvgIpc) is 2.11. The second-order valence-electron chi connectivity index (χ2n) is 2.68. The quantitative estimate of drug-likeness (QED) is 0.361. The predicted octanol–water partition coefficient (Wildman–Crippen LogP) is -1.28. The molecule has 0 bridgehead atoms. The van der Waals surface area contributed by atoms with Gasteiger partial charge >= 0.3 is 11.9 Å². The van der Waals surface area contributed by atoms with Crippen molar-refractivity contribution in [2.75, 3.05) is 19.8 Å². The minimum atomic E-state index is -1.16. The Balaban J connectivity index is 4.11. The zero-order valence-corrected chi connectivity index (χ0v) is 7.97. The number of hydrogen-bond acceptors (Lipinski definition) is 4. The van der Waals surface area contributed by atoms with E-state index in [1.165, 1.54) is 0 Å². The molecule has 0 spiro atoms. The molecule has 0 heterocycles. The molecule has 0 aliphatic rings. The van der Waals surface area contributed by atoms with Gasteiger partial charge in [-0.3, -0.25) is 19.3 Å². The van der Waals surface area contributed by atoms with E-state index in [4.69, 9.17) is 10.2 Å². The monoisotopic (exact) mass is 216 g/mol. The van der Waals surface area contributed by atoms with Gasteiger partial charge in [0.2, 0.25) is 5.91 Å². The van der Waals surface area contributed by atoms with E-state index in [9.17, 15) is 14.4 Å². The minimum Gasteiger partial charge on any atom is -0.480 e. The number of aliphatic carboxylic acids is 2. The molecule has 0 aromatic heterocycles. The average molecular weight is 216 g/mol. The Morgan fingerprint density at radius 1 is 1.20 bits per heavy atom. The van der Waals surface area contributed by atoms with Crippen LogP contribution in [0.25, 0.3) is 0 Å². The molecule has 0 radical (unpaired) electrons. The summed E-state index contributed by atoms with van der Waals surface area (Å²) in [4.78, 5) is 32.5. The van der Waals surface area contributed by atoms with Crippen LogP contribution in [0.3, 0.4) is 0 Å². The van der Waals surface area contributed by atoms with Gasteiger partial charge in [-0.1, -0.05) is 6.58 Å². The van der Waals surface area contributed by atoms with Crippen LogP contribution >= 0.6 is 0 Å². The molecule has 7 nitrogen and oxygen atoms in total. The summed E-state index contributed by atoms with van der Waals surface area (Å²) in [6.45, 7) is 2.14. The van der Waals surface area contributed by atoms with Gasteiger partial charge < -0.3 is 15.5 Å². The van der Waals surface area contributed by atoms with E-state index in [0.717, 1.165) is 11.0 Å². The van der Waals surface area contributed by atoms with Gasteiger partial charge in [-0.15, -0.1) is 0 Å². The van der Waals surface area contributed by atoms with E-state index >= 15 is 0 Å². The molecule has 0 aromatic carbocycles. The Bertz CT molecular complexity index is 260. The molecular formula is C8H12N2O5. The topological polar surface area (TPSA) is 107 Å². The Kier molecular flexibility index (Phi) is 5.72. The number of amides is 1. The number of hydrogen-bond donors (Lipinski definition) is 3.